The zero-order chi connectivity index (χ0) is 25.0. The summed E-state index contributed by atoms with van der Waals surface area (Å²) in [7, 11) is 0. The Kier molecular flexibility index (Phi) is 5.95. The van der Waals surface area contributed by atoms with Gasteiger partial charge in [0.25, 0.3) is 0 Å². The molecule has 0 bridgehead atoms. The summed E-state index contributed by atoms with van der Waals surface area (Å²) in [4.78, 5) is 20.0. The molecule has 0 amide bonds. The van der Waals surface area contributed by atoms with Crippen LogP contribution in [-0.2, 0) is 24.4 Å². The van der Waals surface area contributed by atoms with Crippen molar-refractivity contribution < 1.29 is 28.8 Å². The molecular formula is C27H29ClN2O6. The SMILES string of the molecule is CC(C)C(=O)O[C@@H]1CO[C@@H]2[C@@H]1OC[C@H]2Oc1cc2nc(-c3ccc(C4(CO)CC4)cc3)c(Cl)cc2[nH]1. The lowest BCUT2D eigenvalue weighted by Crippen LogP contribution is -2.36. The van der Waals surface area contributed by atoms with Gasteiger partial charge in [0.15, 0.2) is 18.1 Å². The molecule has 6 rings (SSSR count). The number of aromatic nitrogens is 2. The fourth-order valence-electron chi connectivity index (χ4n) is 5.02. The van der Waals surface area contributed by atoms with E-state index in [4.69, 9.17) is 35.5 Å². The first kappa shape index (κ1) is 23.7. The second kappa shape index (κ2) is 9.03. The Bertz CT molecular complexity index is 1290. The normalized spacial score (nSPS) is 26.4. The van der Waals surface area contributed by atoms with Crippen molar-refractivity contribution in [2.24, 2.45) is 5.92 Å². The van der Waals surface area contributed by atoms with E-state index in [-0.39, 0.29) is 42.2 Å². The van der Waals surface area contributed by atoms with Gasteiger partial charge in [-0.3, -0.25) is 4.79 Å². The molecule has 190 valence electrons. The average molecular weight is 513 g/mol. The van der Waals surface area contributed by atoms with Crippen LogP contribution in [0.4, 0.5) is 0 Å². The number of aromatic amines is 1. The number of rotatable bonds is 7. The van der Waals surface area contributed by atoms with Crippen LogP contribution in [-0.4, -0.2) is 65.3 Å². The van der Waals surface area contributed by atoms with Crippen molar-refractivity contribution in [2.75, 3.05) is 19.8 Å². The molecule has 1 aliphatic carbocycles. The molecule has 3 fully saturated rings. The summed E-state index contributed by atoms with van der Waals surface area (Å²) in [5.41, 5.74) is 4.17. The van der Waals surface area contributed by atoms with Gasteiger partial charge in [-0.15, -0.1) is 0 Å². The summed E-state index contributed by atoms with van der Waals surface area (Å²) in [6.45, 7) is 4.40. The summed E-state index contributed by atoms with van der Waals surface area (Å²) in [6.07, 6.45) is 0.605. The molecule has 2 saturated heterocycles. The largest absolute Gasteiger partial charge is 0.470 e. The van der Waals surface area contributed by atoms with Crippen LogP contribution in [0.3, 0.4) is 0 Å². The van der Waals surface area contributed by atoms with E-state index in [0.717, 1.165) is 35.0 Å². The van der Waals surface area contributed by atoms with Gasteiger partial charge >= 0.3 is 5.97 Å². The van der Waals surface area contributed by atoms with Gasteiger partial charge in [-0.2, -0.15) is 0 Å². The number of nitrogens with zero attached hydrogens (tertiary/aromatic N) is 1. The van der Waals surface area contributed by atoms with Gasteiger partial charge in [0.1, 0.15) is 12.2 Å². The topological polar surface area (TPSA) is 103 Å². The van der Waals surface area contributed by atoms with Crippen molar-refractivity contribution in [3.8, 4) is 17.1 Å². The van der Waals surface area contributed by atoms with Crippen molar-refractivity contribution in [1.29, 1.82) is 0 Å². The van der Waals surface area contributed by atoms with Gasteiger partial charge in [0.2, 0.25) is 0 Å². The monoisotopic (exact) mass is 512 g/mol. The van der Waals surface area contributed by atoms with E-state index < -0.39 is 6.10 Å². The number of aliphatic hydroxyl groups excluding tert-OH is 1. The zero-order valence-corrected chi connectivity index (χ0v) is 21.0. The summed E-state index contributed by atoms with van der Waals surface area (Å²) < 4.78 is 23.5. The highest BCUT2D eigenvalue weighted by Crippen LogP contribution is 2.48. The number of hydrogen-bond donors (Lipinski definition) is 2. The highest BCUT2D eigenvalue weighted by Gasteiger charge is 2.51. The number of ether oxygens (including phenoxy) is 4. The lowest BCUT2D eigenvalue weighted by molar-refractivity contribution is -0.157. The van der Waals surface area contributed by atoms with Crippen LogP contribution in [0.5, 0.6) is 5.88 Å². The second-order valence-corrected chi connectivity index (χ2v) is 10.7. The number of pyridine rings is 1. The van der Waals surface area contributed by atoms with Crippen molar-refractivity contribution in [3.05, 3.63) is 47.0 Å². The van der Waals surface area contributed by atoms with Crippen molar-refractivity contribution >= 4 is 28.6 Å². The first-order valence-electron chi connectivity index (χ1n) is 12.4. The Labute approximate surface area is 213 Å². The first-order chi connectivity index (χ1) is 17.4. The van der Waals surface area contributed by atoms with E-state index in [2.05, 4.69) is 17.1 Å². The predicted octanol–water partition coefficient (Wildman–Crippen LogP) is 4.02. The molecule has 9 heteroatoms. The third-order valence-corrected chi connectivity index (χ3v) is 7.73. The van der Waals surface area contributed by atoms with Crippen LogP contribution in [0.2, 0.25) is 5.02 Å². The van der Waals surface area contributed by atoms with Crippen LogP contribution in [0, 0.1) is 5.92 Å². The first-order valence-corrected chi connectivity index (χ1v) is 12.8. The lowest BCUT2D eigenvalue weighted by Gasteiger charge is -2.18. The quantitative estimate of drug-likeness (QED) is 0.461. The minimum absolute atomic E-state index is 0.0747. The molecule has 3 aliphatic rings. The summed E-state index contributed by atoms with van der Waals surface area (Å²) in [5.74, 6) is 0.0724. The van der Waals surface area contributed by atoms with Crippen LogP contribution in [0.15, 0.2) is 36.4 Å². The van der Waals surface area contributed by atoms with Gasteiger partial charge in [-0.25, -0.2) is 4.98 Å². The molecule has 36 heavy (non-hydrogen) atoms. The number of hydrogen-bond acceptors (Lipinski definition) is 7. The molecule has 3 aromatic rings. The molecule has 0 unspecified atom stereocenters. The van der Waals surface area contributed by atoms with Gasteiger partial charge in [-0.1, -0.05) is 49.7 Å². The summed E-state index contributed by atoms with van der Waals surface area (Å²) >= 11 is 6.59. The van der Waals surface area contributed by atoms with Crippen LogP contribution in [0.25, 0.3) is 22.3 Å². The maximum absolute atomic E-state index is 12.0. The van der Waals surface area contributed by atoms with Crippen LogP contribution >= 0.6 is 11.6 Å². The molecule has 1 saturated carbocycles. The Hall–Kier alpha value is -2.65. The van der Waals surface area contributed by atoms with Gasteiger partial charge in [0.05, 0.1) is 47.5 Å². The van der Waals surface area contributed by atoms with Crippen LogP contribution in [0.1, 0.15) is 32.3 Å². The molecule has 2 aliphatic heterocycles. The molecule has 1 aromatic carbocycles. The molecule has 0 spiro atoms. The van der Waals surface area contributed by atoms with Gasteiger partial charge in [-0.05, 0) is 24.5 Å². The third kappa shape index (κ3) is 4.16. The second-order valence-electron chi connectivity index (χ2n) is 10.3. The number of carbonyl (C=O) groups excluding carboxylic acids is 1. The Morgan fingerprint density at radius 3 is 2.53 bits per heavy atom. The van der Waals surface area contributed by atoms with Gasteiger partial charge in [0, 0.05) is 17.0 Å². The van der Waals surface area contributed by atoms with Crippen LogP contribution < -0.4 is 4.74 Å². The Morgan fingerprint density at radius 2 is 1.86 bits per heavy atom. The number of nitrogens with one attached hydrogen (secondary N) is 1. The number of fused-ring (bicyclic) bond motifs is 2. The van der Waals surface area contributed by atoms with E-state index in [1.165, 1.54) is 0 Å². The number of aliphatic hydroxyl groups is 1. The molecule has 8 nitrogen and oxygen atoms in total. The third-order valence-electron chi connectivity index (χ3n) is 7.44. The molecular weight excluding hydrogens is 484 g/mol. The molecule has 0 radical (unpaired) electrons. The maximum Gasteiger partial charge on any atom is 0.308 e. The smallest absolute Gasteiger partial charge is 0.308 e. The highest BCUT2D eigenvalue weighted by molar-refractivity contribution is 6.33. The van der Waals surface area contributed by atoms with Crippen molar-refractivity contribution in [3.63, 3.8) is 0 Å². The summed E-state index contributed by atoms with van der Waals surface area (Å²) in [5, 5.41) is 10.2. The lowest BCUT2D eigenvalue weighted by atomic mass is 9.95. The fourth-order valence-corrected chi connectivity index (χ4v) is 5.28. The fraction of sp³-hybridized carbons (Fsp3) is 0.481. The molecule has 4 heterocycles. The molecule has 2 N–H and O–H groups in total. The van der Waals surface area contributed by atoms with E-state index in [9.17, 15) is 9.90 Å². The highest BCUT2D eigenvalue weighted by atomic mass is 35.5. The number of carbonyl (C=O) groups is 1. The van der Waals surface area contributed by atoms with Crippen molar-refractivity contribution in [1.82, 2.24) is 9.97 Å². The number of halogens is 1. The Morgan fingerprint density at radius 1 is 1.17 bits per heavy atom. The summed E-state index contributed by atoms with van der Waals surface area (Å²) in [6, 6.07) is 11.8. The molecule has 4 atom stereocenters. The molecule has 2 aromatic heterocycles. The van der Waals surface area contributed by atoms with Gasteiger partial charge < -0.3 is 29.0 Å². The standard InChI is InChI=1S/C27H29ClN2O6/c1-14(2)26(32)36-21-12-34-24-20(11-33-25(21)24)35-22-10-19-18(29-22)9-17(28)23(30-19)15-3-5-16(6-4-15)27(13-31)7-8-27/h3-6,9-10,14,20-21,24-25,29,31H,7-8,11-13H2,1-2H3/t20-,21-,24+,25-/m1/s1. The maximum atomic E-state index is 12.0. The number of esters is 1. The van der Waals surface area contributed by atoms with E-state index in [1.54, 1.807) is 13.8 Å². The zero-order valence-electron chi connectivity index (χ0n) is 20.2. The minimum atomic E-state index is -0.428. The van der Waals surface area contributed by atoms with Crippen molar-refractivity contribution in [2.45, 2.75) is 56.5 Å². The number of H-pyrrole nitrogens is 1. The number of benzene rings is 1. The predicted molar refractivity (Wildman–Crippen MR) is 133 cm³/mol. The van der Waals surface area contributed by atoms with E-state index in [1.807, 2.05) is 24.3 Å². The Balaban J connectivity index is 1.17. The van der Waals surface area contributed by atoms with E-state index in [0.29, 0.717) is 29.8 Å². The van der Waals surface area contributed by atoms with E-state index >= 15 is 0 Å². The minimum Gasteiger partial charge on any atom is -0.470 e. The average Bonchev–Trinajstić information content (AvgIpc) is 3.19.